The predicted molar refractivity (Wildman–Crippen MR) is 80.4 cm³/mol. The molecule has 2 bridgehead atoms. The Kier molecular flexibility index (Phi) is 2.52. The van der Waals surface area contributed by atoms with E-state index in [-0.39, 0.29) is 0 Å². The van der Waals surface area contributed by atoms with Gasteiger partial charge in [0.15, 0.2) is 0 Å². The monoisotopic (exact) mass is 252 g/mol. The first-order valence-corrected chi connectivity index (χ1v) is 7.34. The van der Waals surface area contributed by atoms with Gasteiger partial charge in [0.2, 0.25) is 0 Å². The molecule has 0 amide bonds. The van der Waals surface area contributed by atoms with Crippen LogP contribution in [0.3, 0.4) is 0 Å². The molecule has 2 fully saturated rings. The van der Waals surface area contributed by atoms with Gasteiger partial charge in [-0.2, -0.15) is 0 Å². The summed E-state index contributed by atoms with van der Waals surface area (Å²) in [4.78, 5) is 2.63. The normalized spacial score (nSPS) is 29.9. The Morgan fingerprint density at radius 1 is 0.895 bits per heavy atom. The van der Waals surface area contributed by atoms with Gasteiger partial charge in [-0.25, -0.2) is 0 Å². The van der Waals surface area contributed by atoms with Crippen LogP contribution in [-0.2, 0) is 0 Å². The van der Waals surface area contributed by atoms with Gasteiger partial charge in [0, 0.05) is 23.8 Å². The van der Waals surface area contributed by atoms with Gasteiger partial charge in [-0.15, -0.1) is 0 Å². The fourth-order valence-electron chi connectivity index (χ4n) is 3.98. The summed E-state index contributed by atoms with van der Waals surface area (Å²) in [7, 11) is 0. The molecule has 2 N–H and O–H groups in total. The molecular weight excluding hydrogens is 232 g/mol. The highest BCUT2D eigenvalue weighted by molar-refractivity contribution is 5.86. The molecule has 2 atom stereocenters. The first-order valence-electron chi connectivity index (χ1n) is 7.34. The van der Waals surface area contributed by atoms with E-state index in [1.165, 1.54) is 29.3 Å². The minimum absolute atomic E-state index is 0.411. The molecule has 2 unspecified atom stereocenters. The fraction of sp³-hybridized carbons (Fsp3) is 0.412. The Morgan fingerprint density at radius 3 is 2.32 bits per heavy atom. The van der Waals surface area contributed by atoms with E-state index in [1.807, 2.05) is 0 Å². The molecule has 98 valence electrons. The molecule has 0 aliphatic carbocycles. The number of hydrogen-bond acceptors (Lipinski definition) is 2. The molecule has 0 aromatic heterocycles. The van der Waals surface area contributed by atoms with Crippen molar-refractivity contribution in [2.24, 2.45) is 5.73 Å². The summed E-state index contributed by atoms with van der Waals surface area (Å²) in [5.74, 6) is 0. The highest BCUT2D eigenvalue weighted by Crippen LogP contribution is 2.39. The number of rotatable bonds is 1. The van der Waals surface area contributed by atoms with Crippen LogP contribution < -0.4 is 10.6 Å². The molecule has 4 rings (SSSR count). The van der Waals surface area contributed by atoms with Crippen LogP contribution in [0, 0.1) is 0 Å². The molecule has 0 radical (unpaired) electrons. The molecule has 2 aromatic carbocycles. The number of nitrogens with two attached hydrogens (primary N) is 1. The van der Waals surface area contributed by atoms with E-state index in [1.54, 1.807) is 0 Å². The van der Waals surface area contributed by atoms with E-state index < -0.39 is 0 Å². The summed E-state index contributed by atoms with van der Waals surface area (Å²) >= 11 is 0. The summed E-state index contributed by atoms with van der Waals surface area (Å²) in [6.45, 7) is 0. The lowest BCUT2D eigenvalue weighted by Crippen LogP contribution is -2.47. The van der Waals surface area contributed by atoms with Crippen LogP contribution in [0.4, 0.5) is 5.69 Å². The van der Waals surface area contributed by atoms with Crippen molar-refractivity contribution in [3.05, 3.63) is 42.5 Å². The van der Waals surface area contributed by atoms with Gasteiger partial charge in [0.25, 0.3) is 0 Å². The Balaban J connectivity index is 1.74. The van der Waals surface area contributed by atoms with Crippen molar-refractivity contribution in [3.8, 4) is 0 Å². The first kappa shape index (κ1) is 11.3. The number of benzene rings is 2. The van der Waals surface area contributed by atoms with Crippen molar-refractivity contribution >= 4 is 16.5 Å². The maximum Gasteiger partial charge on any atom is 0.0377 e. The third-order valence-electron chi connectivity index (χ3n) is 4.80. The highest BCUT2D eigenvalue weighted by atomic mass is 15.2. The minimum Gasteiger partial charge on any atom is -0.365 e. The second-order valence-corrected chi connectivity index (χ2v) is 6.06. The van der Waals surface area contributed by atoms with E-state index in [0.29, 0.717) is 18.1 Å². The Morgan fingerprint density at radius 2 is 1.58 bits per heavy atom. The number of piperidine rings is 1. The van der Waals surface area contributed by atoms with Crippen molar-refractivity contribution in [1.82, 2.24) is 0 Å². The van der Waals surface area contributed by atoms with Gasteiger partial charge in [-0.1, -0.05) is 30.3 Å². The molecule has 19 heavy (non-hydrogen) atoms. The second kappa shape index (κ2) is 4.24. The zero-order chi connectivity index (χ0) is 12.8. The molecular formula is C17H20N2. The van der Waals surface area contributed by atoms with Crippen LogP contribution in [0.1, 0.15) is 25.7 Å². The third-order valence-corrected chi connectivity index (χ3v) is 4.80. The lowest BCUT2D eigenvalue weighted by atomic mass is 9.97. The molecule has 2 aliphatic rings. The zero-order valence-corrected chi connectivity index (χ0v) is 11.1. The van der Waals surface area contributed by atoms with Gasteiger partial charge in [-0.05, 0) is 48.6 Å². The quantitative estimate of drug-likeness (QED) is 0.843. The molecule has 2 aliphatic heterocycles. The molecule has 0 saturated carbocycles. The predicted octanol–water partition coefficient (Wildman–Crippen LogP) is 3.30. The lowest BCUT2D eigenvalue weighted by molar-refractivity contribution is 0.415. The largest absolute Gasteiger partial charge is 0.365 e. The van der Waals surface area contributed by atoms with Crippen molar-refractivity contribution in [2.75, 3.05) is 4.90 Å². The van der Waals surface area contributed by atoms with E-state index in [9.17, 15) is 0 Å². The van der Waals surface area contributed by atoms with Crippen molar-refractivity contribution in [1.29, 1.82) is 0 Å². The zero-order valence-electron chi connectivity index (χ0n) is 11.1. The van der Waals surface area contributed by atoms with E-state index in [0.717, 1.165) is 12.8 Å². The van der Waals surface area contributed by atoms with Gasteiger partial charge >= 0.3 is 0 Å². The smallest absolute Gasteiger partial charge is 0.0377 e. The average Bonchev–Trinajstić information content (AvgIpc) is 2.70. The average molecular weight is 252 g/mol. The fourth-order valence-corrected chi connectivity index (χ4v) is 3.98. The molecule has 2 heteroatoms. The van der Waals surface area contributed by atoms with Crippen LogP contribution in [0.15, 0.2) is 42.5 Å². The number of nitrogens with zero attached hydrogens (tertiary/aromatic N) is 1. The summed E-state index contributed by atoms with van der Waals surface area (Å²) in [5, 5.41) is 2.67. The summed E-state index contributed by atoms with van der Waals surface area (Å²) in [5.41, 5.74) is 7.55. The van der Waals surface area contributed by atoms with E-state index in [4.69, 9.17) is 5.73 Å². The molecule has 2 saturated heterocycles. The summed E-state index contributed by atoms with van der Waals surface area (Å²) in [6.07, 6.45) is 4.93. The van der Waals surface area contributed by atoms with Gasteiger partial charge < -0.3 is 10.6 Å². The number of hydrogen-bond donors (Lipinski definition) is 1. The molecule has 2 heterocycles. The second-order valence-electron chi connectivity index (χ2n) is 6.06. The molecule has 2 aromatic rings. The van der Waals surface area contributed by atoms with E-state index >= 15 is 0 Å². The maximum atomic E-state index is 6.16. The molecule has 2 nitrogen and oxygen atoms in total. The molecule has 0 spiro atoms. The maximum absolute atomic E-state index is 6.16. The number of fused-ring (bicyclic) bond motifs is 3. The topological polar surface area (TPSA) is 29.3 Å². The van der Waals surface area contributed by atoms with Crippen LogP contribution in [0.5, 0.6) is 0 Å². The van der Waals surface area contributed by atoms with Crippen molar-refractivity contribution in [2.45, 2.75) is 43.8 Å². The summed E-state index contributed by atoms with van der Waals surface area (Å²) < 4.78 is 0. The number of anilines is 1. The summed E-state index contributed by atoms with van der Waals surface area (Å²) in [6, 6.07) is 17.2. The van der Waals surface area contributed by atoms with Crippen LogP contribution in [-0.4, -0.2) is 18.1 Å². The Bertz CT molecular complexity index is 593. The van der Waals surface area contributed by atoms with Gasteiger partial charge in [-0.3, -0.25) is 0 Å². The van der Waals surface area contributed by atoms with Gasteiger partial charge in [0.05, 0.1) is 0 Å². The van der Waals surface area contributed by atoms with Crippen molar-refractivity contribution in [3.63, 3.8) is 0 Å². The standard InChI is InChI=1S/C17H20N2/c18-14-10-16-7-8-17(11-14)19(16)15-6-5-12-3-1-2-4-13(12)9-15/h1-6,9,14,16-17H,7-8,10-11,18H2. The van der Waals surface area contributed by atoms with Crippen LogP contribution >= 0.6 is 0 Å². The Labute approximate surface area is 114 Å². The third kappa shape index (κ3) is 1.82. The Hall–Kier alpha value is -1.54. The highest BCUT2D eigenvalue weighted by Gasteiger charge is 2.39. The van der Waals surface area contributed by atoms with Crippen molar-refractivity contribution < 1.29 is 0 Å². The van der Waals surface area contributed by atoms with Crippen LogP contribution in [0.2, 0.25) is 0 Å². The SMILES string of the molecule is NC1CC2CCC(C1)N2c1ccc2ccccc2c1. The first-order chi connectivity index (χ1) is 9.31. The lowest BCUT2D eigenvalue weighted by Gasteiger charge is -2.39. The van der Waals surface area contributed by atoms with E-state index in [2.05, 4.69) is 47.4 Å². The van der Waals surface area contributed by atoms with Gasteiger partial charge in [0.1, 0.15) is 0 Å². The minimum atomic E-state index is 0.411. The van der Waals surface area contributed by atoms with Crippen LogP contribution in [0.25, 0.3) is 10.8 Å².